The highest BCUT2D eigenvalue weighted by molar-refractivity contribution is 7.99. The molecule has 1 aromatic heterocycles. The van der Waals surface area contributed by atoms with Crippen LogP contribution in [0.2, 0.25) is 0 Å². The SMILES string of the molecule is CCSc1ccc(C(CO)NC(=O)c2ccc3c(OC)nc(C)cc3c2)cc1.FC(F)(F)C1CCCCC1. The molecule has 0 aliphatic heterocycles. The second kappa shape index (κ2) is 13.8. The molecular formula is C29H35F3N2O3S. The van der Waals surface area contributed by atoms with Gasteiger partial charge in [0.15, 0.2) is 0 Å². The number of nitrogens with zero attached hydrogens (tertiary/aromatic N) is 1. The fourth-order valence-electron chi connectivity index (χ4n) is 4.52. The number of aromatic nitrogens is 1. The Bertz CT molecular complexity index is 1200. The van der Waals surface area contributed by atoms with Crippen LogP contribution >= 0.6 is 11.8 Å². The first-order valence-corrected chi connectivity index (χ1v) is 13.8. The largest absolute Gasteiger partial charge is 0.481 e. The highest BCUT2D eigenvalue weighted by atomic mass is 32.2. The van der Waals surface area contributed by atoms with E-state index in [1.54, 1.807) is 24.9 Å². The molecule has 0 saturated heterocycles. The molecule has 1 aliphatic carbocycles. The summed E-state index contributed by atoms with van der Waals surface area (Å²) < 4.78 is 41.2. The normalized spacial score (nSPS) is 14.9. The number of fused-ring (bicyclic) bond motifs is 1. The van der Waals surface area contributed by atoms with Crippen LogP contribution in [0, 0.1) is 12.8 Å². The molecule has 1 saturated carbocycles. The summed E-state index contributed by atoms with van der Waals surface area (Å²) in [6, 6.07) is 14.8. The van der Waals surface area contributed by atoms with E-state index in [-0.39, 0.29) is 12.5 Å². The second-order valence-electron chi connectivity index (χ2n) is 9.30. The smallest absolute Gasteiger partial charge is 0.391 e. The molecule has 1 aliphatic rings. The predicted octanol–water partition coefficient (Wildman–Crippen LogP) is 7.26. The molecule has 1 heterocycles. The van der Waals surface area contributed by atoms with Gasteiger partial charge in [-0.15, -0.1) is 11.8 Å². The third kappa shape index (κ3) is 8.11. The number of aliphatic hydroxyl groups is 1. The van der Waals surface area contributed by atoms with Crippen molar-refractivity contribution in [1.29, 1.82) is 0 Å². The van der Waals surface area contributed by atoms with Crippen molar-refractivity contribution in [2.45, 2.75) is 63.1 Å². The van der Waals surface area contributed by atoms with E-state index in [4.69, 9.17) is 4.74 Å². The van der Waals surface area contributed by atoms with E-state index in [1.807, 2.05) is 49.4 Å². The van der Waals surface area contributed by atoms with Gasteiger partial charge >= 0.3 is 6.18 Å². The summed E-state index contributed by atoms with van der Waals surface area (Å²) in [6.07, 6.45) is -0.742. The van der Waals surface area contributed by atoms with Gasteiger partial charge in [0.1, 0.15) is 0 Å². The lowest BCUT2D eigenvalue weighted by atomic mass is 9.89. The van der Waals surface area contributed by atoms with Crippen LogP contribution in [-0.2, 0) is 0 Å². The van der Waals surface area contributed by atoms with Crippen LogP contribution in [0.15, 0.2) is 53.4 Å². The number of ether oxygens (including phenoxy) is 1. The Hall–Kier alpha value is -2.78. The third-order valence-electron chi connectivity index (χ3n) is 6.53. The van der Waals surface area contributed by atoms with E-state index in [0.717, 1.165) is 47.0 Å². The van der Waals surface area contributed by atoms with Crippen molar-refractivity contribution in [2.75, 3.05) is 19.5 Å². The van der Waals surface area contributed by atoms with E-state index in [1.165, 1.54) is 4.90 Å². The van der Waals surface area contributed by atoms with Gasteiger partial charge < -0.3 is 15.2 Å². The molecule has 5 nitrogen and oxygen atoms in total. The molecule has 9 heteroatoms. The molecule has 4 rings (SSSR count). The van der Waals surface area contributed by atoms with Gasteiger partial charge in [-0.1, -0.05) is 38.3 Å². The van der Waals surface area contributed by atoms with E-state index in [0.29, 0.717) is 24.3 Å². The zero-order valence-corrected chi connectivity index (χ0v) is 22.8. The number of thioether (sulfide) groups is 1. The second-order valence-corrected chi connectivity index (χ2v) is 10.6. The number of benzene rings is 2. The zero-order valence-electron chi connectivity index (χ0n) is 22.0. The van der Waals surface area contributed by atoms with Gasteiger partial charge in [0, 0.05) is 21.5 Å². The molecule has 3 aromatic rings. The lowest BCUT2D eigenvalue weighted by Crippen LogP contribution is -2.30. The number of hydrogen-bond acceptors (Lipinski definition) is 5. The maximum atomic E-state index is 12.8. The number of hydrogen-bond donors (Lipinski definition) is 2. The lowest BCUT2D eigenvalue weighted by Gasteiger charge is -2.23. The fourth-order valence-corrected chi connectivity index (χ4v) is 5.18. The first kappa shape index (κ1) is 29.8. The molecular weight excluding hydrogens is 513 g/mol. The van der Waals surface area contributed by atoms with Gasteiger partial charge in [-0.2, -0.15) is 13.2 Å². The number of methoxy groups -OCH3 is 1. The number of rotatable bonds is 7. The standard InChI is InChI=1S/C22H24N2O3S.C7H11F3/c1-4-28-18-8-5-15(6-9-18)20(13-25)24-21(26)16-7-10-19-17(12-16)11-14(2)23-22(19)27-3;8-7(9,10)6-4-2-1-3-5-6/h5-12,20,25H,4,13H2,1-3H3,(H,24,26);6H,1-5H2. The summed E-state index contributed by atoms with van der Waals surface area (Å²) in [5.74, 6) is 0.309. The maximum absolute atomic E-state index is 12.8. The van der Waals surface area contributed by atoms with Gasteiger partial charge in [0.05, 0.1) is 25.7 Å². The van der Waals surface area contributed by atoms with Crippen LogP contribution < -0.4 is 10.1 Å². The topological polar surface area (TPSA) is 71.5 Å². The van der Waals surface area contributed by atoms with Crippen molar-refractivity contribution in [3.8, 4) is 5.88 Å². The van der Waals surface area contributed by atoms with E-state index in [9.17, 15) is 23.1 Å². The Morgan fingerprint density at radius 3 is 2.37 bits per heavy atom. The van der Waals surface area contributed by atoms with Crippen molar-refractivity contribution >= 4 is 28.4 Å². The Balaban J connectivity index is 0.000000336. The van der Waals surface area contributed by atoms with Gasteiger partial charge in [0.2, 0.25) is 5.88 Å². The molecule has 0 bridgehead atoms. The maximum Gasteiger partial charge on any atom is 0.391 e. The van der Waals surface area contributed by atoms with E-state index in [2.05, 4.69) is 17.2 Å². The number of aliphatic hydroxyl groups excluding tert-OH is 1. The molecule has 0 radical (unpaired) electrons. The van der Waals surface area contributed by atoms with E-state index >= 15 is 0 Å². The quantitative estimate of drug-likeness (QED) is 0.304. The van der Waals surface area contributed by atoms with Crippen molar-refractivity contribution in [1.82, 2.24) is 10.3 Å². The Morgan fingerprint density at radius 2 is 1.82 bits per heavy atom. The number of aryl methyl sites for hydroxylation is 1. The highest BCUT2D eigenvalue weighted by Crippen LogP contribution is 2.37. The van der Waals surface area contributed by atoms with Crippen molar-refractivity contribution in [2.24, 2.45) is 5.92 Å². The summed E-state index contributed by atoms with van der Waals surface area (Å²) in [5, 5.41) is 14.4. The van der Waals surface area contributed by atoms with Crippen LogP contribution in [0.25, 0.3) is 10.8 Å². The molecule has 1 fully saturated rings. The van der Waals surface area contributed by atoms with Crippen molar-refractivity contribution in [3.63, 3.8) is 0 Å². The number of carbonyl (C=O) groups is 1. The minimum Gasteiger partial charge on any atom is -0.481 e. The third-order valence-corrected chi connectivity index (χ3v) is 7.42. The first-order valence-electron chi connectivity index (χ1n) is 12.8. The monoisotopic (exact) mass is 548 g/mol. The van der Waals surface area contributed by atoms with Crippen LogP contribution in [-0.4, -0.2) is 41.6 Å². The Labute approximate surface area is 226 Å². The lowest BCUT2D eigenvalue weighted by molar-refractivity contribution is -0.181. The number of amides is 1. The number of nitrogens with one attached hydrogen (secondary N) is 1. The minimum absolute atomic E-state index is 0.170. The highest BCUT2D eigenvalue weighted by Gasteiger charge is 2.39. The minimum atomic E-state index is -3.93. The predicted molar refractivity (Wildman–Crippen MR) is 146 cm³/mol. The summed E-state index contributed by atoms with van der Waals surface area (Å²) in [4.78, 5) is 18.3. The number of pyridine rings is 1. The molecule has 2 N–H and O–H groups in total. The van der Waals surface area contributed by atoms with Crippen LogP contribution in [0.3, 0.4) is 0 Å². The molecule has 1 atom stereocenters. The average Bonchev–Trinajstić information content (AvgIpc) is 2.91. The summed E-state index contributed by atoms with van der Waals surface area (Å²) in [7, 11) is 1.58. The van der Waals surface area contributed by atoms with Gasteiger partial charge in [0.25, 0.3) is 5.91 Å². The van der Waals surface area contributed by atoms with Crippen molar-refractivity contribution in [3.05, 3.63) is 65.4 Å². The Morgan fingerprint density at radius 1 is 1.13 bits per heavy atom. The fraction of sp³-hybridized carbons (Fsp3) is 0.448. The zero-order chi connectivity index (χ0) is 27.7. The van der Waals surface area contributed by atoms with Gasteiger partial charge in [-0.05, 0) is 72.9 Å². The van der Waals surface area contributed by atoms with E-state index < -0.39 is 18.1 Å². The number of alkyl halides is 3. The first-order chi connectivity index (χ1) is 18.2. The molecule has 0 spiro atoms. The molecule has 206 valence electrons. The van der Waals surface area contributed by atoms with Crippen molar-refractivity contribution < 1.29 is 27.8 Å². The number of halogens is 3. The molecule has 2 aromatic carbocycles. The number of carbonyl (C=O) groups excluding carboxylic acids is 1. The van der Waals surface area contributed by atoms with Crippen LogP contribution in [0.1, 0.15) is 66.7 Å². The molecule has 1 amide bonds. The van der Waals surface area contributed by atoms with Gasteiger partial charge in [-0.25, -0.2) is 4.98 Å². The summed E-state index contributed by atoms with van der Waals surface area (Å²) >= 11 is 1.75. The summed E-state index contributed by atoms with van der Waals surface area (Å²) in [6.45, 7) is 3.82. The molecule has 1 unspecified atom stereocenters. The van der Waals surface area contributed by atoms with Crippen LogP contribution in [0.4, 0.5) is 13.2 Å². The van der Waals surface area contributed by atoms with Gasteiger partial charge in [-0.3, -0.25) is 4.79 Å². The average molecular weight is 549 g/mol. The Kier molecular flexibility index (Phi) is 10.8. The van der Waals surface area contributed by atoms with Crippen LogP contribution in [0.5, 0.6) is 5.88 Å². The summed E-state index contributed by atoms with van der Waals surface area (Å²) in [5.41, 5.74) is 2.22. The molecule has 38 heavy (non-hydrogen) atoms.